The van der Waals surface area contributed by atoms with Crippen molar-refractivity contribution in [2.75, 3.05) is 6.61 Å². The zero-order valence-corrected chi connectivity index (χ0v) is 10.7. The van der Waals surface area contributed by atoms with Crippen LogP contribution < -0.4 is 0 Å². The molecular formula is C14H18O4. The lowest BCUT2D eigenvalue weighted by Gasteiger charge is -2.16. The predicted molar refractivity (Wildman–Crippen MR) is 66.0 cm³/mol. The standard InChI is InChI=1S/C14H18O4/c1-14(2)17-12(8-15)13(18-14)10-16-9-11-6-4-3-5-7-11/h3-8,12-13H,9-10H2,1-2H3/t12-,13+/m1/s1. The molecule has 1 aliphatic rings. The fourth-order valence-electron chi connectivity index (χ4n) is 1.97. The second-order valence-electron chi connectivity index (χ2n) is 4.78. The molecule has 1 saturated heterocycles. The van der Waals surface area contributed by atoms with Crippen molar-refractivity contribution in [2.24, 2.45) is 0 Å². The van der Waals surface area contributed by atoms with Crippen molar-refractivity contribution in [3.63, 3.8) is 0 Å². The molecule has 98 valence electrons. The van der Waals surface area contributed by atoms with Crippen molar-refractivity contribution < 1.29 is 19.0 Å². The molecule has 1 heterocycles. The van der Waals surface area contributed by atoms with Gasteiger partial charge in [-0.1, -0.05) is 30.3 Å². The van der Waals surface area contributed by atoms with Gasteiger partial charge < -0.3 is 19.0 Å². The van der Waals surface area contributed by atoms with E-state index in [2.05, 4.69) is 0 Å². The van der Waals surface area contributed by atoms with Crippen LogP contribution in [0.25, 0.3) is 0 Å². The first-order valence-corrected chi connectivity index (χ1v) is 6.03. The van der Waals surface area contributed by atoms with Gasteiger partial charge in [0.15, 0.2) is 12.1 Å². The highest BCUT2D eigenvalue weighted by Gasteiger charge is 2.41. The van der Waals surface area contributed by atoms with Crippen molar-refractivity contribution in [3.8, 4) is 0 Å². The van der Waals surface area contributed by atoms with Crippen molar-refractivity contribution in [1.29, 1.82) is 0 Å². The van der Waals surface area contributed by atoms with Gasteiger partial charge in [-0.05, 0) is 19.4 Å². The summed E-state index contributed by atoms with van der Waals surface area (Å²) in [5, 5.41) is 0. The Hall–Kier alpha value is -1.23. The van der Waals surface area contributed by atoms with Gasteiger partial charge in [-0.25, -0.2) is 0 Å². The van der Waals surface area contributed by atoms with Crippen molar-refractivity contribution in [1.82, 2.24) is 0 Å². The van der Waals surface area contributed by atoms with E-state index in [1.165, 1.54) is 0 Å². The molecule has 0 radical (unpaired) electrons. The number of carbonyl (C=O) groups excluding carboxylic acids is 1. The molecule has 0 amide bonds. The fraction of sp³-hybridized carbons (Fsp3) is 0.500. The number of hydrogen-bond donors (Lipinski definition) is 0. The number of ether oxygens (including phenoxy) is 3. The third-order valence-electron chi connectivity index (χ3n) is 2.75. The number of hydrogen-bond acceptors (Lipinski definition) is 4. The van der Waals surface area contributed by atoms with E-state index in [1.54, 1.807) is 13.8 Å². The summed E-state index contributed by atoms with van der Waals surface area (Å²) in [4.78, 5) is 10.9. The minimum Gasteiger partial charge on any atom is -0.374 e. The van der Waals surface area contributed by atoms with Crippen molar-refractivity contribution >= 4 is 6.29 Å². The number of rotatable bonds is 5. The molecule has 2 rings (SSSR count). The van der Waals surface area contributed by atoms with Crippen LogP contribution in [0, 0.1) is 0 Å². The van der Waals surface area contributed by atoms with E-state index in [0.717, 1.165) is 11.8 Å². The summed E-state index contributed by atoms with van der Waals surface area (Å²) in [6, 6.07) is 9.87. The molecule has 2 atom stereocenters. The molecule has 0 unspecified atom stereocenters. The Balaban J connectivity index is 1.81. The highest BCUT2D eigenvalue weighted by atomic mass is 16.8. The van der Waals surface area contributed by atoms with Gasteiger partial charge >= 0.3 is 0 Å². The summed E-state index contributed by atoms with van der Waals surface area (Å²) in [6.45, 7) is 4.44. The van der Waals surface area contributed by atoms with Gasteiger partial charge in [0, 0.05) is 0 Å². The smallest absolute Gasteiger partial charge is 0.164 e. The first-order valence-electron chi connectivity index (χ1n) is 6.03. The molecule has 1 aromatic carbocycles. The highest BCUT2D eigenvalue weighted by molar-refractivity contribution is 5.57. The van der Waals surface area contributed by atoms with E-state index in [1.807, 2.05) is 30.3 Å². The Morgan fingerprint density at radius 1 is 1.28 bits per heavy atom. The molecule has 0 saturated carbocycles. The Morgan fingerprint density at radius 2 is 2.00 bits per heavy atom. The third-order valence-corrected chi connectivity index (χ3v) is 2.75. The minimum absolute atomic E-state index is 0.332. The Labute approximate surface area is 107 Å². The van der Waals surface area contributed by atoms with Crippen molar-refractivity contribution in [2.45, 2.75) is 38.4 Å². The maximum Gasteiger partial charge on any atom is 0.164 e. The van der Waals surface area contributed by atoms with Crippen LogP contribution in [0.3, 0.4) is 0 Å². The Bertz CT molecular complexity index is 388. The zero-order chi connectivity index (χ0) is 13.0. The minimum atomic E-state index is -0.716. The van der Waals surface area contributed by atoms with Crippen LogP contribution >= 0.6 is 0 Å². The molecule has 4 nitrogen and oxygen atoms in total. The largest absolute Gasteiger partial charge is 0.374 e. The van der Waals surface area contributed by atoms with Gasteiger partial charge in [-0.15, -0.1) is 0 Å². The monoisotopic (exact) mass is 250 g/mol. The van der Waals surface area contributed by atoms with E-state index in [9.17, 15) is 4.79 Å². The van der Waals surface area contributed by atoms with E-state index < -0.39 is 11.9 Å². The van der Waals surface area contributed by atoms with E-state index in [0.29, 0.717) is 13.2 Å². The summed E-state index contributed by atoms with van der Waals surface area (Å²) in [5.41, 5.74) is 1.10. The molecule has 4 heteroatoms. The van der Waals surface area contributed by atoms with Gasteiger partial charge in [-0.2, -0.15) is 0 Å². The topological polar surface area (TPSA) is 44.8 Å². The number of carbonyl (C=O) groups is 1. The van der Waals surface area contributed by atoms with Crippen LogP contribution in [0.15, 0.2) is 30.3 Å². The van der Waals surface area contributed by atoms with Crippen LogP contribution in [-0.4, -0.2) is 30.9 Å². The first kappa shape index (κ1) is 13.2. The molecule has 1 aliphatic heterocycles. The Morgan fingerprint density at radius 3 is 2.67 bits per heavy atom. The van der Waals surface area contributed by atoms with Gasteiger partial charge in [-0.3, -0.25) is 0 Å². The normalized spacial score (nSPS) is 26.1. The van der Waals surface area contributed by atoms with E-state index in [4.69, 9.17) is 14.2 Å². The van der Waals surface area contributed by atoms with Gasteiger partial charge in [0.1, 0.15) is 12.2 Å². The van der Waals surface area contributed by atoms with Crippen molar-refractivity contribution in [3.05, 3.63) is 35.9 Å². The SMILES string of the molecule is CC1(C)O[C@@H](COCc2ccccc2)[C@@H](C=O)O1. The van der Waals surface area contributed by atoms with E-state index in [-0.39, 0.29) is 6.10 Å². The summed E-state index contributed by atoms with van der Waals surface area (Å²) in [5.74, 6) is -0.716. The third kappa shape index (κ3) is 3.38. The van der Waals surface area contributed by atoms with E-state index >= 15 is 0 Å². The molecule has 1 fully saturated rings. The lowest BCUT2D eigenvalue weighted by atomic mass is 10.2. The second-order valence-corrected chi connectivity index (χ2v) is 4.78. The number of benzene rings is 1. The fourth-order valence-corrected chi connectivity index (χ4v) is 1.97. The summed E-state index contributed by atoms with van der Waals surface area (Å²) < 4.78 is 16.6. The maximum absolute atomic E-state index is 10.9. The highest BCUT2D eigenvalue weighted by Crippen LogP contribution is 2.27. The zero-order valence-electron chi connectivity index (χ0n) is 10.7. The first-order chi connectivity index (χ1) is 8.61. The Kier molecular flexibility index (Phi) is 4.11. The van der Waals surface area contributed by atoms with Gasteiger partial charge in [0.2, 0.25) is 0 Å². The summed E-state index contributed by atoms with van der Waals surface area (Å²) >= 11 is 0. The van der Waals surface area contributed by atoms with Gasteiger partial charge in [0.05, 0.1) is 13.2 Å². The van der Waals surface area contributed by atoms with Crippen LogP contribution in [0.4, 0.5) is 0 Å². The summed E-state index contributed by atoms with van der Waals surface area (Å²) in [7, 11) is 0. The molecule has 18 heavy (non-hydrogen) atoms. The van der Waals surface area contributed by atoms with Crippen LogP contribution in [0.2, 0.25) is 0 Å². The van der Waals surface area contributed by atoms with Crippen LogP contribution in [0.1, 0.15) is 19.4 Å². The molecule has 0 bridgehead atoms. The quantitative estimate of drug-likeness (QED) is 0.749. The van der Waals surface area contributed by atoms with Gasteiger partial charge in [0.25, 0.3) is 0 Å². The molecule has 1 aromatic rings. The second kappa shape index (κ2) is 5.61. The lowest BCUT2D eigenvalue weighted by Crippen LogP contribution is -2.28. The average Bonchev–Trinajstić information content (AvgIpc) is 2.65. The summed E-state index contributed by atoms with van der Waals surface area (Å²) in [6.07, 6.45) is -0.109. The molecule has 0 aromatic heterocycles. The lowest BCUT2D eigenvalue weighted by molar-refractivity contribution is -0.153. The molecule has 0 aliphatic carbocycles. The predicted octanol–water partition coefficient (Wildman–Crippen LogP) is 1.92. The number of aldehydes is 1. The average molecular weight is 250 g/mol. The molecular weight excluding hydrogens is 232 g/mol. The molecule has 0 spiro atoms. The van der Waals surface area contributed by atoms with Crippen LogP contribution in [-0.2, 0) is 25.6 Å². The molecule has 0 N–H and O–H groups in total. The maximum atomic E-state index is 10.9. The van der Waals surface area contributed by atoms with Crippen LogP contribution in [0.5, 0.6) is 0 Å².